The molecule has 0 radical (unpaired) electrons. The van der Waals surface area contributed by atoms with Crippen LogP contribution in [0.1, 0.15) is 48.9 Å². The number of carbonyl (C=O) groups excluding carboxylic acids is 1. The van der Waals surface area contributed by atoms with Gasteiger partial charge in [-0.25, -0.2) is 19.4 Å². The summed E-state index contributed by atoms with van der Waals surface area (Å²) in [5.74, 6) is 1.71. The number of hydrogen-bond donors (Lipinski definition) is 3. The Morgan fingerprint density at radius 3 is 2.10 bits per heavy atom. The molecule has 0 unspecified atom stereocenters. The molecule has 50 heavy (non-hydrogen) atoms. The first-order valence-corrected chi connectivity index (χ1v) is 17.2. The first kappa shape index (κ1) is 34.7. The SMILES string of the molecule is CN1CCN(C2CCC(n3ncc4c(N)ncnc43)CC2)CC1.COc1ccc(OC)c(NC(=O)NC(c2ccccc2)c2ccccc2)c1. The van der Waals surface area contributed by atoms with Gasteiger partial charge in [-0.2, -0.15) is 5.10 Å². The van der Waals surface area contributed by atoms with Gasteiger partial charge in [0.05, 0.1) is 43.6 Å². The summed E-state index contributed by atoms with van der Waals surface area (Å²) >= 11 is 0. The van der Waals surface area contributed by atoms with Crippen LogP contribution in [0.4, 0.5) is 16.3 Å². The number of rotatable bonds is 8. The monoisotopic (exact) mass is 677 g/mol. The highest BCUT2D eigenvalue weighted by atomic mass is 16.5. The normalized spacial score (nSPS) is 18.2. The van der Waals surface area contributed by atoms with Gasteiger partial charge in [-0.1, -0.05) is 60.7 Å². The molecule has 4 N–H and O–H groups in total. The minimum absolute atomic E-state index is 0.274. The number of fused-ring (bicyclic) bond motifs is 1. The van der Waals surface area contributed by atoms with Gasteiger partial charge in [-0.15, -0.1) is 0 Å². The number of urea groups is 1. The van der Waals surface area contributed by atoms with Crippen molar-refractivity contribution in [1.29, 1.82) is 0 Å². The summed E-state index contributed by atoms with van der Waals surface area (Å²) in [5, 5.41) is 11.3. The van der Waals surface area contributed by atoms with E-state index in [4.69, 9.17) is 15.2 Å². The highest BCUT2D eigenvalue weighted by Crippen LogP contribution is 2.33. The molecule has 0 atom stereocenters. The van der Waals surface area contributed by atoms with Crippen molar-refractivity contribution in [3.05, 3.63) is 103 Å². The van der Waals surface area contributed by atoms with E-state index in [1.165, 1.54) is 45.3 Å². The zero-order valence-electron chi connectivity index (χ0n) is 29.0. The zero-order chi connectivity index (χ0) is 34.9. The van der Waals surface area contributed by atoms with Gasteiger partial charge in [0.1, 0.15) is 23.6 Å². The van der Waals surface area contributed by atoms with E-state index >= 15 is 0 Å². The molecule has 7 rings (SSSR count). The second-order valence-electron chi connectivity index (χ2n) is 12.8. The maximum atomic E-state index is 12.7. The number of nitrogens with two attached hydrogens (primary N) is 1. The molecule has 0 bridgehead atoms. The summed E-state index contributed by atoms with van der Waals surface area (Å²) in [6.45, 7) is 4.81. The Morgan fingerprint density at radius 2 is 1.48 bits per heavy atom. The van der Waals surface area contributed by atoms with Crippen LogP contribution in [0.2, 0.25) is 0 Å². The highest BCUT2D eigenvalue weighted by Gasteiger charge is 2.29. The number of methoxy groups -OCH3 is 2. The van der Waals surface area contributed by atoms with E-state index in [1.54, 1.807) is 38.6 Å². The van der Waals surface area contributed by atoms with E-state index in [1.807, 2.05) is 60.7 Å². The summed E-state index contributed by atoms with van der Waals surface area (Å²) in [6, 6.07) is 25.5. The number of aromatic nitrogens is 4. The van der Waals surface area contributed by atoms with Crippen LogP contribution in [-0.4, -0.2) is 89.1 Å². The van der Waals surface area contributed by atoms with Crippen molar-refractivity contribution in [2.24, 2.45) is 0 Å². The number of nitrogen functional groups attached to an aromatic ring is 1. The van der Waals surface area contributed by atoms with Crippen LogP contribution in [-0.2, 0) is 0 Å². The van der Waals surface area contributed by atoms with Gasteiger partial charge < -0.3 is 30.7 Å². The second kappa shape index (κ2) is 16.5. The van der Waals surface area contributed by atoms with Crippen molar-refractivity contribution in [3.63, 3.8) is 0 Å². The largest absolute Gasteiger partial charge is 0.497 e. The number of amides is 2. The minimum Gasteiger partial charge on any atom is -0.497 e. The molecule has 1 aliphatic carbocycles. The fourth-order valence-corrected chi connectivity index (χ4v) is 6.85. The number of benzene rings is 3. The van der Waals surface area contributed by atoms with Gasteiger partial charge in [0, 0.05) is 38.3 Å². The number of likely N-dealkylation sites (N-methyl/N-ethyl adjacent to an activating group) is 1. The Hall–Kier alpha value is -5.20. The standard InChI is InChI=1S/C22H22N2O3.C16H25N7/c1-26-18-13-14-20(27-2)19(15-18)23-22(25)24-21(16-9-5-3-6-10-16)17-11-7-4-8-12-17;1-21-6-8-22(9-7-21)12-2-4-13(5-3-12)23-16-14(10-20-23)15(17)18-11-19-16/h3-15,21H,1-2H3,(H2,23,24,25);10-13H,2-9H2,1H3,(H2,17,18,19). The molecule has 1 saturated heterocycles. The molecule has 3 aromatic carbocycles. The van der Waals surface area contributed by atoms with E-state index in [2.05, 4.69) is 47.2 Å². The van der Waals surface area contributed by atoms with Crippen molar-refractivity contribution in [1.82, 2.24) is 34.9 Å². The number of piperazine rings is 1. The Bertz CT molecular complexity index is 1780. The molecule has 0 spiro atoms. The van der Waals surface area contributed by atoms with Gasteiger partial charge >= 0.3 is 6.03 Å². The summed E-state index contributed by atoms with van der Waals surface area (Å²) in [4.78, 5) is 26.3. The maximum absolute atomic E-state index is 12.7. The first-order chi connectivity index (χ1) is 24.4. The van der Waals surface area contributed by atoms with Crippen LogP contribution in [0.25, 0.3) is 11.0 Å². The molecule has 262 valence electrons. The molecule has 2 aliphatic rings. The number of nitrogens with one attached hydrogen (secondary N) is 2. The van der Waals surface area contributed by atoms with E-state index in [0.717, 1.165) is 41.0 Å². The molecule has 1 saturated carbocycles. The predicted molar refractivity (Wildman–Crippen MR) is 197 cm³/mol. The van der Waals surface area contributed by atoms with Gasteiger partial charge in [-0.3, -0.25) is 4.90 Å². The smallest absolute Gasteiger partial charge is 0.320 e. The molecule has 12 heteroatoms. The number of nitrogens with zero attached hydrogens (tertiary/aromatic N) is 6. The number of hydrogen-bond acceptors (Lipinski definition) is 9. The van der Waals surface area contributed by atoms with E-state index in [-0.39, 0.29) is 12.1 Å². The highest BCUT2D eigenvalue weighted by molar-refractivity contribution is 5.91. The number of carbonyl (C=O) groups is 1. The topological polar surface area (TPSA) is 136 Å². The van der Waals surface area contributed by atoms with Gasteiger partial charge in [-0.05, 0) is 56.0 Å². The van der Waals surface area contributed by atoms with Crippen molar-refractivity contribution >= 4 is 28.6 Å². The molecule has 12 nitrogen and oxygen atoms in total. The summed E-state index contributed by atoms with van der Waals surface area (Å²) in [5.41, 5.74) is 9.32. The lowest BCUT2D eigenvalue weighted by molar-refractivity contribution is 0.0815. The summed E-state index contributed by atoms with van der Waals surface area (Å²) in [7, 11) is 5.35. The average Bonchev–Trinajstić information content (AvgIpc) is 3.61. The van der Waals surface area contributed by atoms with Crippen LogP contribution < -0.4 is 25.8 Å². The average molecular weight is 678 g/mol. The van der Waals surface area contributed by atoms with Crippen molar-refractivity contribution < 1.29 is 14.3 Å². The third kappa shape index (κ3) is 8.32. The first-order valence-electron chi connectivity index (χ1n) is 17.2. The molecule has 2 aromatic heterocycles. The lowest BCUT2D eigenvalue weighted by Gasteiger charge is -2.41. The van der Waals surface area contributed by atoms with Gasteiger partial charge in [0.15, 0.2) is 5.65 Å². The van der Waals surface area contributed by atoms with Crippen LogP contribution in [0.15, 0.2) is 91.4 Å². The van der Waals surface area contributed by atoms with Crippen LogP contribution in [0, 0.1) is 0 Å². The third-order valence-corrected chi connectivity index (χ3v) is 9.68. The van der Waals surface area contributed by atoms with Crippen molar-refractivity contribution in [2.75, 3.05) is 58.5 Å². The lowest BCUT2D eigenvalue weighted by Crippen LogP contribution is -2.49. The molecule has 5 aromatic rings. The second-order valence-corrected chi connectivity index (χ2v) is 12.8. The van der Waals surface area contributed by atoms with E-state index in [0.29, 0.717) is 29.0 Å². The van der Waals surface area contributed by atoms with Crippen molar-refractivity contribution in [3.8, 4) is 11.5 Å². The van der Waals surface area contributed by atoms with Gasteiger partial charge in [0.2, 0.25) is 0 Å². The Balaban J connectivity index is 0.000000175. The van der Waals surface area contributed by atoms with Crippen LogP contribution in [0.3, 0.4) is 0 Å². The number of ether oxygens (including phenoxy) is 2. The molecule has 1 aliphatic heterocycles. The summed E-state index contributed by atoms with van der Waals surface area (Å²) < 4.78 is 12.6. The molecule has 2 amide bonds. The van der Waals surface area contributed by atoms with E-state index < -0.39 is 0 Å². The van der Waals surface area contributed by atoms with E-state index in [9.17, 15) is 4.79 Å². The quantitative estimate of drug-likeness (QED) is 0.188. The molecular formula is C38H47N9O3. The van der Waals surface area contributed by atoms with Crippen LogP contribution >= 0.6 is 0 Å². The number of anilines is 2. The molecule has 3 heterocycles. The fourth-order valence-electron chi connectivity index (χ4n) is 6.85. The Kier molecular flexibility index (Phi) is 11.4. The lowest BCUT2D eigenvalue weighted by atomic mass is 9.90. The van der Waals surface area contributed by atoms with Gasteiger partial charge in [0.25, 0.3) is 0 Å². The Morgan fingerprint density at radius 1 is 0.840 bits per heavy atom. The predicted octanol–water partition coefficient (Wildman–Crippen LogP) is 5.75. The fraction of sp³-hybridized carbons (Fsp3) is 0.368. The Labute approximate surface area is 293 Å². The third-order valence-electron chi connectivity index (χ3n) is 9.68. The van der Waals surface area contributed by atoms with Crippen molar-refractivity contribution in [2.45, 2.75) is 43.8 Å². The zero-order valence-corrected chi connectivity index (χ0v) is 29.0. The van der Waals surface area contributed by atoms with Crippen LogP contribution in [0.5, 0.6) is 11.5 Å². The maximum Gasteiger partial charge on any atom is 0.320 e. The molecular weight excluding hydrogens is 630 g/mol. The summed E-state index contributed by atoms with van der Waals surface area (Å²) in [6.07, 6.45) is 8.16. The molecule has 2 fully saturated rings. The minimum atomic E-state index is -0.334.